The van der Waals surface area contributed by atoms with Crippen LogP contribution in [-0.4, -0.2) is 79.7 Å². The van der Waals surface area contributed by atoms with E-state index in [0.717, 1.165) is 59.8 Å². The van der Waals surface area contributed by atoms with Crippen molar-refractivity contribution in [3.8, 4) is 17.0 Å². The van der Waals surface area contributed by atoms with Crippen molar-refractivity contribution < 1.29 is 14.2 Å². The number of aromatic nitrogens is 3. The number of anilines is 2. The molecule has 0 saturated carbocycles. The van der Waals surface area contributed by atoms with Crippen molar-refractivity contribution >= 4 is 22.8 Å². The highest BCUT2D eigenvalue weighted by atomic mass is 16.5. The number of rotatable bonds is 9. The number of fused-ring (bicyclic) bond motifs is 1. The number of ether oxygens (including phenoxy) is 3. The lowest BCUT2D eigenvalue weighted by atomic mass is 10.0. The first-order valence-electron chi connectivity index (χ1n) is 14.6. The molecule has 9 nitrogen and oxygen atoms in total. The molecule has 0 bridgehead atoms. The van der Waals surface area contributed by atoms with Crippen LogP contribution in [0.5, 0.6) is 5.75 Å². The number of pyridine rings is 1. The molecule has 2 aromatic heterocycles. The number of benzene rings is 1. The normalized spacial score (nSPS) is 20.8. The third-order valence-electron chi connectivity index (χ3n) is 7.83. The molecule has 2 aliphatic heterocycles. The molecule has 0 spiro atoms. The first-order chi connectivity index (χ1) is 19.3. The second-order valence-electron chi connectivity index (χ2n) is 11.6. The topological polar surface area (TPSA) is 84.9 Å². The number of nitrogens with one attached hydrogen (secondary N) is 1. The number of nitrogens with zero attached hydrogens (tertiary/aromatic N) is 5. The minimum atomic E-state index is 0.194. The van der Waals surface area contributed by atoms with Crippen molar-refractivity contribution in [1.82, 2.24) is 20.3 Å². The highest BCUT2D eigenvalue weighted by Gasteiger charge is 2.27. The fourth-order valence-electron chi connectivity index (χ4n) is 5.71. The molecular weight excluding hydrogens is 504 g/mol. The average Bonchev–Trinajstić information content (AvgIpc) is 2.95. The summed E-state index contributed by atoms with van der Waals surface area (Å²) in [6.07, 6.45) is 1.13. The molecule has 3 aromatic rings. The molecule has 0 radical (unpaired) electrons. The van der Waals surface area contributed by atoms with Gasteiger partial charge in [-0.05, 0) is 63.4 Å². The molecule has 1 N–H and O–H groups in total. The van der Waals surface area contributed by atoms with Crippen LogP contribution in [0.4, 0.5) is 11.8 Å². The van der Waals surface area contributed by atoms with Crippen molar-refractivity contribution in [2.75, 3.05) is 56.4 Å². The summed E-state index contributed by atoms with van der Waals surface area (Å²) in [5.41, 5.74) is 3.74. The Morgan fingerprint density at radius 2 is 1.68 bits per heavy atom. The molecule has 2 saturated heterocycles. The quantitative estimate of drug-likeness (QED) is 0.410. The molecule has 0 amide bonds. The highest BCUT2D eigenvalue weighted by molar-refractivity contribution is 5.90. The summed E-state index contributed by atoms with van der Waals surface area (Å²) in [7, 11) is 1.73. The molecule has 3 atom stereocenters. The summed E-state index contributed by atoms with van der Waals surface area (Å²) < 4.78 is 17.1. The summed E-state index contributed by atoms with van der Waals surface area (Å²) in [5.74, 6) is 3.16. The molecule has 2 aliphatic rings. The standard InChI is InChI=1S/C31H44N6O3/c1-20(2)15-21(3)32-17-25-16-24(7-10-28(25)38-6)27-9-8-26-29(33-27)34-31(37-12-14-40-19-23(37)5)35-30(26)36-11-13-39-18-22(36)4/h7-10,16,20-23,32H,11-15,17-19H2,1-6H3/t21?,22-,23-/m0/s1. The van der Waals surface area contributed by atoms with E-state index in [1.165, 1.54) is 0 Å². The summed E-state index contributed by atoms with van der Waals surface area (Å²) in [6, 6.07) is 11.3. The van der Waals surface area contributed by atoms with Gasteiger partial charge in [0.2, 0.25) is 5.95 Å². The van der Waals surface area contributed by atoms with Crippen LogP contribution in [0.15, 0.2) is 30.3 Å². The Balaban J connectivity index is 1.53. The summed E-state index contributed by atoms with van der Waals surface area (Å²) >= 11 is 0. The molecular formula is C31H44N6O3. The minimum absolute atomic E-state index is 0.194. The predicted octanol–water partition coefficient (Wildman–Crippen LogP) is 4.67. The van der Waals surface area contributed by atoms with E-state index in [0.29, 0.717) is 50.0 Å². The largest absolute Gasteiger partial charge is 0.496 e. The van der Waals surface area contributed by atoms with Crippen LogP contribution < -0.4 is 19.9 Å². The van der Waals surface area contributed by atoms with Crippen molar-refractivity contribution in [1.29, 1.82) is 0 Å². The molecule has 1 unspecified atom stereocenters. The zero-order chi connectivity index (χ0) is 28.2. The van der Waals surface area contributed by atoms with Gasteiger partial charge in [-0.15, -0.1) is 0 Å². The Morgan fingerprint density at radius 3 is 2.35 bits per heavy atom. The van der Waals surface area contributed by atoms with E-state index in [2.05, 4.69) is 74.0 Å². The van der Waals surface area contributed by atoms with Gasteiger partial charge in [0.1, 0.15) is 11.6 Å². The van der Waals surface area contributed by atoms with Gasteiger partial charge in [-0.2, -0.15) is 9.97 Å². The van der Waals surface area contributed by atoms with Crippen molar-refractivity contribution in [3.05, 3.63) is 35.9 Å². The maximum absolute atomic E-state index is 5.73. The van der Waals surface area contributed by atoms with Gasteiger partial charge in [0.25, 0.3) is 0 Å². The molecule has 1 aromatic carbocycles. The van der Waals surface area contributed by atoms with Crippen LogP contribution in [-0.2, 0) is 16.0 Å². The van der Waals surface area contributed by atoms with Gasteiger partial charge >= 0.3 is 0 Å². The lowest BCUT2D eigenvalue weighted by Gasteiger charge is -2.37. The van der Waals surface area contributed by atoms with Crippen LogP contribution in [0, 0.1) is 5.92 Å². The lowest BCUT2D eigenvalue weighted by molar-refractivity contribution is 0.0973. The molecule has 9 heteroatoms. The second kappa shape index (κ2) is 12.7. The predicted molar refractivity (Wildman–Crippen MR) is 160 cm³/mol. The zero-order valence-electron chi connectivity index (χ0n) is 24.8. The fourth-order valence-corrected chi connectivity index (χ4v) is 5.71. The van der Waals surface area contributed by atoms with Gasteiger partial charge < -0.3 is 29.3 Å². The Labute approximate surface area is 238 Å². The van der Waals surface area contributed by atoms with Crippen molar-refractivity contribution in [3.63, 3.8) is 0 Å². The van der Waals surface area contributed by atoms with Crippen LogP contribution in [0.2, 0.25) is 0 Å². The van der Waals surface area contributed by atoms with E-state index in [9.17, 15) is 0 Å². The number of morpholine rings is 2. The van der Waals surface area contributed by atoms with E-state index in [-0.39, 0.29) is 12.1 Å². The average molecular weight is 549 g/mol. The van der Waals surface area contributed by atoms with Crippen LogP contribution in [0.3, 0.4) is 0 Å². The third kappa shape index (κ3) is 6.32. The van der Waals surface area contributed by atoms with E-state index in [4.69, 9.17) is 29.2 Å². The number of methoxy groups -OCH3 is 1. The second-order valence-corrected chi connectivity index (χ2v) is 11.6. The Morgan fingerprint density at radius 1 is 0.950 bits per heavy atom. The summed E-state index contributed by atoms with van der Waals surface area (Å²) in [4.78, 5) is 19.8. The number of hydrogen-bond donors (Lipinski definition) is 1. The van der Waals surface area contributed by atoms with E-state index in [1.54, 1.807) is 7.11 Å². The molecule has 4 heterocycles. The monoisotopic (exact) mass is 548 g/mol. The van der Waals surface area contributed by atoms with Crippen LogP contribution in [0.25, 0.3) is 22.3 Å². The van der Waals surface area contributed by atoms with Crippen molar-refractivity contribution in [2.45, 2.75) is 65.7 Å². The first-order valence-corrected chi connectivity index (χ1v) is 14.6. The Bertz CT molecular complexity index is 1300. The first kappa shape index (κ1) is 28.5. The Hall–Kier alpha value is -3.01. The van der Waals surface area contributed by atoms with E-state index < -0.39 is 0 Å². The molecule has 40 heavy (non-hydrogen) atoms. The van der Waals surface area contributed by atoms with Gasteiger partial charge in [0, 0.05) is 36.8 Å². The third-order valence-corrected chi connectivity index (χ3v) is 7.83. The summed E-state index contributed by atoms with van der Waals surface area (Å²) in [6.45, 7) is 16.1. The smallest absolute Gasteiger partial charge is 0.229 e. The van der Waals surface area contributed by atoms with Crippen molar-refractivity contribution in [2.24, 2.45) is 5.92 Å². The zero-order valence-corrected chi connectivity index (χ0v) is 24.8. The van der Waals surface area contributed by atoms with Gasteiger partial charge in [0.15, 0.2) is 5.65 Å². The lowest BCUT2D eigenvalue weighted by Crippen LogP contribution is -2.46. The van der Waals surface area contributed by atoms with Crippen LogP contribution in [0.1, 0.15) is 46.6 Å². The van der Waals surface area contributed by atoms with E-state index in [1.807, 2.05) is 6.07 Å². The fraction of sp³-hybridized carbons (Fsp3) is 0.581. The Kier molecular flexibility index (Phi) is 9.03. The summed E-state index contributed by atoms with van der Waals surface area (Å²) in [5, 5.41) is 4.62. The van der Waals surface area contributed by atoms with Gasteiger partial charge in [-0.1, -0.05) is 13.8 Å². The maximum atomic E-state index is 5.73. The molecule has 5 rings (SSSR count). The van der Waals surface area contributed by atoms with Gasteiger partial charge in [0.05, 0.1) is 56.7 Å². The van der Waals surface area contributed by atoms with Crippen LogP contribution >= 0.6 is 0 Å². The molecule has 216 valence electrons. The molecule has 0 aliphatic carbocycles. The molecule has 2 fully saturated rings. The maximum Gasteiger partial charge on any atom is 0.229 e. The minimum Gasteiger partial charge on any atom is -0.496 e. The SMILES string of the molecule is COc1ccc(-c2ccc3c(N4CCOC[C@@H]4C)nc(N4CCOC[C@@H]4C)nc3n2)cc1CNC(C)CC(C)C. The highest BCUT2D eigenvalue weighted by Crippen LogP contribution is 2.32. The number of hydrogen-bond acceptors (Lipinski definition) is 9. The van der Waals surface area contributed by atoms with Gasteiger partial charge in [-0.25, -0.2) is 4.98 Å². The van der Waals surface area contributed by atoms with E-state index >= 15 is 0 Å². The van der Waals surface area contributed by atoms with Gasteiger partial charge in [-0.3, -0.25) is 0 Å².